The van der Waals surface area contributed by atoms with Gasteiger partial charge in [-0.25, -0.2) is 0 Å². The maximum Gasteiger partial charge on any atom is 0.258 e. The van der Waals surface area contributed by atoms with Crippen molar-refractivity contribution in [1.29, 1.82) is 0 Å². The normalized spacial score (nSPS) is 11.3. The molecule has 0 bridgehead atoms. The van der Waals surface area contributed by atoms with Gasteiger partial charge < -0.3 is 9.84 Å². The second kappa shape index (κ2) is 7.40. The van der Waals surface area contributed by atoms with Gasteiger partial charge in [0.2, 0.25) is 5.91 Å². The number of carbonyl (C=O) groups excluding carboxylic acids is 1. The minimum Gasteiger partial charge on any atom is -0.334 e. The molecular weight excluding hydrogens is 380 g/mol. The Hall–Kier alpha value is -3.26. The number of nitrogens with zero attached hydrogens (tertiary/aromatic N) is 5. The summed E-state index contributed by atoms with van der Waals surface area (Å²) < 4.78 is 7.07. The number of rotatable bonds is 5. The first kappa shape index (κ1) is 18.1. The fourth-order valence-corrected chi connectivity index (χ4v) is 2.89. The van der Waals surface area contributed by atoms with Crippen LogP contribution in [0.2, 0.25) is 5.02 Å². The number of aromatic nitrogens is 5. The number of nitrogens with one attached hydrogen (secondary N) is 1. The van der Waals surface area contributed by atoms with Crippen molar-refractivity contribution in [3.63, 3.8) is 0 Å². The number of fused-ring (bicyclic) bond motifs is 1. The van der Waals surface area contributed by atoms with Crippen LogP contribution in [-0.4, -0.2) is 30.6 Å². The Labute approximate surface area is 165 Å². The van der Waals surface area contributed by atoms with E-state index in [1.54, 1.807) is 40.9 Å². The first-order valence-corrected chi connectivity index (χ1v) is 9.10. The fourth-order valence-electron chi connectivity index (χ4n) is 2.70. The molecule has 1 amide bonds. The molecule has 0 fully saturated rings. The van der Waals surface area contributed by atoms with E-state index < -0.39 is 0 Å². The van der Waals surface area contributed by atoms with Gasteiger partial charge in [0.25, 0.3) is 5.89 Å². The molecule has 0 saturated carbocycles. The Morgan fingerprint density at radius 1 is 1.25 bits per heavy atom. The predicted octanol–water partition coefficient (Wildman–Crippen LogP) is 3.74. The number of hydrogen-bond donors (Lipinski definition) is 1. The van der Waals surface area contributed by atoms with Gasteiger partial charge in [-0.1, -0.05) is 36.7 Å². The fraction of sp³-hybridized carbons (Fsp3) is 0.211. The van der Waals surface area contributed by atoms with Crippen molar-refractivity contribution in [2.45, 2.75) is 26.2 Å². The van der Waals surface area contributed by atoms with E-state index in [9.17, 15) is 4.79 Å². The first-order chi connectivity index (χ1) is 13.5. The molecule has 28 heavy (non-hydrogen) atoms. The van der Waals surface area contributed by atoms with Crippen LogP contribution in [0, 0.1) is 0 Å². The standard InChI is InChI=1S/C19H17ClN6O2/c1-11(2)18-22-19(28-25-18)12-6-7-26-15(8-12)23-24-16(26)10-17(27)21-14-5-3-4-13(20)9-14/h3-9,11H,10H2,1-2H3,(H,21,27). The summed E-state index contributed by atoms with van der Waals surface area (Å²) in [5.74, 6) is 1.57. The average Bonchev–Trinajstić information content (AvgIpc) is 3.29. The molecule has 0 aliphatic heterocycles. The van der Waals surface area contributed by atoms with Crippen LogP contribution in [-0.2, 0) is 11.2 Å². The van der Waals surface area contributed by atoms with Gasteiger partial charge in [-0.3, -0.25) is 9.20 Å². The highest BCUT2D eigenvalue weighted by Crippen LogP contribution is 2.21. The molecule has 0 aliphatic carbocycles. The van der Waals surface area contributed by atoms with Gasteiger partial charge in [-0.2, -0.15) is 4.98 Å². The first-order valence-electron chi connectivity index (χ1n) is 8.72. The summed E-state index contributed by atoms with van der Waals surface area (Å²) in [6.45, 7) is 3.99. The zero-order chi connectivity index (χ0) is 19.7. The number of pyridine rings is 1. The predicted molar refractivity (Wildman–Crippen MR) is 104 cm³/mol. The van der Waals surface area contributed by atoms with E-state index >= 15 is 0 Å². The Kier molecular flexibility index (Phi) is 4.79. The largest absolute Gasteiger partial charge is 0.334 e. The van der Waals surface area contributed by atoms with Gasteiger partial charge in [0.1, 0.15) is 5.82 Å². The summed E-state index contributed by atoms with van der Waals surface area (Å²) in [4.78, 5) is 16.7. The van der Waals surface area contributed by atoms with Crippen molar-refractivity contribution in [2.24, 2.45) is 0 Å². The maximum absolute atomic E-state index is 12.3. The molecule has 0 atom stereocenters. The van der Waals surface area contributed by atoms with Gasteiger partial charge in [0.15, 0.2) is 11.5 Å². The van der Waals surface area contributed by atoms with Crippen LogP contribution in [0.25, 0.3) is 17.1 Å². The Morgan fingerprint density at radius 3 is 2.86 bits per heavy atom. The third kappa shape index (κ3) is 3.72. The van der Waals surface area contributed by atoms with Gasteiger partial charge in [0, 0.05) is 28.4 Å². The molecule has 0 saturated heterocycles. The third-order valence-corrected chi connectivity index (χ3v) is 4.35. The molecule has 0 unspecified atom stereocenters. The molecule has 0 aliphatic rings. The Bertz CT molecular complexity index is 1150. The van der Waals surface area contributed by atoms with Crippen LogP contribution in [0.4, 0.5) is 5.69 Å². The van der Waals surface area contributed by atoms with Gasteiger partial charge in [-0.05, 0) is 30.3 Å². The van der Waals surface area contributed by atoms with Crippen LogP contribution in [0.3, 0.4) is 0 Å². The molecule has 3 aromatic heterocycles. The quantitative estimate of drug-likeness (QED) is 0.551. The van der Waals surface area contributed by atoms with Crippen LogP contribution >= 0.6 is 11.6 Å². The highest BCUT2D eigenvalue weighted by atomic mass is 35.5. The van der Waals surface area contributed by atoms with E-state index in [-0.39, 0.29) is 18.2 Å². The highest BCUT2D eigenvalue weighted by Gasteiger charge is 2.15. The van der Waals surface area contributed by atoms with Crippen LogP contribution in [0.5, 0.6) is 0 Å². The lowest BCUT2D eigenvalue weighted by atomic mass is 10.2. The van der Waals surface area contributed by atoms with Gasteiger partial charge in [0.05, 0.1) is 6.42 Å². The number of benzene rings is 1. The molecule has 3 heterocycles. The maximum atomic E-state index is 12.3. The molecule has 1 N–H and O–H groups in total. The second-order valence-corrected chi connectivity index (χ2v) is 7.04. The number of amides is 1. The summed E-state index contributed by atoms with van der Waals surface area (Å²) in [6, 6.07) is 10.6. The lowest BCUT2D eigenvalue weighted by Crippen LogP contribution is -2.16. The van der Waals surface area contributed by atoms with E-state index in [1.165, 1.54) is 0 Å². The number of carbonyl (C=O) groups is 1. The van der Waals surface area contributed by atoms with Crippen LogP contribution in [0.1, 0.15) is 31.4 Å². The van der Waals surface area contributed by atoms with E-state index in [4.69, 9.17) is 16.1 Å². The summed E-state index contributed by atoms with van der Waals surface area (Å²) in [7, 11) is 0. The molecule has 9 heteroatoms. The molecule has 0 spiro atoms. The van der Waals surface area contributed by atoms with E-state index in [0.29, 0.717) is 33.9 Å². The molecule has 0 radical (unpaired) electrons. The molecule has 142 valence electrons. The molecule has 4 aromatic rings. The van der Waals surface area contributed by atoms with E-state index in [0.717, 1.165) is 5.56 Å². The molecule has 4 rings (SSSR count). The Balaban J connectivity index is 1.53. The van der Waals surface area contributed by atoms with Crippen molar-refractivity contribution in [3.8, 4) is 11.5 Å². The zero-order valence-corrected chi connectivity index (χ0v) is 16.0. The lowest BCUT2D eigenvalue weighted by Gasteiger charge is -2.05. The molecule has 8 nitrogen and oxygen atoms in total. The summed E-state index contributed by atoms with van der Waals surface area (Å²) in [5, 5.41) is 15.6. The van der Waals surface area contributed by atoms with E-state index in [2.05, 4.69) is 25.7 Å². The van der Waals surface area contributed by atoms with Crippen LogP contribution < -0.4 is 5.32 Å². The van der Waals surface area contributed by atoms with Crippen molar-refractivity contribution in [2.75, 3.05) is 5.32 Å². The third-order valence-electron chi connectivity index (χ3n) is 4.11. The van der Waals surface area contributed by atoms with Gasteiger partial charge >= 0.3 is 0 Å². The topological polar surface area (TPSA) is 98.2 Å². The minimum atomic E-state index is -0.209. The smallest absolute Gasteiger partial charge is 0.258 e. The van der Waals surface area contributed by atoms with E-state index in [1.807, 2.05) is 19.9 Å². The molecule has 1 aromatic carbocycles. The summed E-state index contributed by atoms with van der Waals surface area (Å²) in [5.41, 5.74) is 1.97. The monoisotopic (exact) mass is 396 g/mol. The van der Waals surface area contributed by atoms with Crippen molar-refractivity contribution in [3.05, 3.63) is 59.3 Å². The zero-order valence-electron chi connectivity index (χ0n) is 15.3. The molecular formula is C19H17ClN6O2. The lowest BCUT2D eigenvalue weighted by molar-refractivity contribution is -0.115. The van der Waals surface area contributed by atoms with Crippen molar-refractivity contribution >= 4 is 28.8 Å². The highest BCUT2D eigenvalue weighted by molar-refractivity contribution is 6.30. The summed E-state index contributed by atoms with van der Waals surface area (Å²) in [6.07, 6.45) is 1.86. The second-order valence-electron chi connectivity index (χ2n) is 6.61. The Morgan fingerprint density at radius 2 is 2.11 bits per heavy atom. The summed E-state index contributed by atoms with van der Waals surface area (Å²) >= 11 is 5.94. The number of anilines is 1. The average molecular weight is 397 g/mol. The van der Waals surface area contributed by atoms with Crippen LogP contribution in [0.15, 0.2) is 47.1 Å². The SMILES string of the molecule is CC(C)c1noc(-c2ccn3c(CC(=O)Nc4cccc(Cl)c4)nnc3c2)n1. The number of hydrogen-bond acceptors (Lipinski definition) is 6. The van der Waals surface area contributed by atoms with Crippen molar-refractivity contribution in [1.82, 2.24) is 24.7 Å². The van der Waals surface area contributed by atoms with Gasteiger partial charge in [-0.15, -0.1) is 10.2 Å². The van der Waals surface area contributed by atoms with Crippen molar-refractivity contribution < 1.29 is 9.32 Å². The minimum absolute atomic E-state index is 0.0745. The number of halogens is 1.